The molecule has 0 fully saturated rings. The minimum atomic E-state index is -5.25. The first kappa shape index (κ1) is 14.8. The third-order valence-electron chi connectivity index (χ3n) is 1.59. The second kappa shape index (κ2) is 4.76. The van der Waals surface area contributed by atoms with E-state index in [2.05, 4.69) is 14.5 Å². The molecule has 0 bridgehead atoms. The SMILES string of the molecule is COc1cnc(OC(F)(F)F)c(S(=O)(=O)Cl)c1F. The zero-order valence-electron chi connectivity index (χ0n) is 8.46. The molecule has 1 aromatic rings. The van der Waals surface area contributed by atoms with E-state index in [-0.39, 0.29) is 0 Å². The van der Waals surface area contributed by atoms with Crippen molar-refractivity contribution in [3.05, 3.63) is 12.0 Å². The molecule has 0 saturated carbocycles. The Labute approximate surface area is 103 Å². The van der Waals surface area contributed by atoms with Gasteiger partial charge < -0.3 is 9.47 Å². The lowest BCUT2D eigenvalue weighted by atomic mass is 10.4. The zero-order valence-corrected chi connectivity index (χ0v) is 10.0. The molecule has 0 atom stereocenters. The van der Waals surface area contributed by atoms with Gasteiger partial charge in [-0.05, 0) is 0 Å². The van der Waals surface area contributed by atoms with Crippen LogP contribution in [0.25, 0.3) is 0 Å². The monoisotopic (exact) mass is 309 g/mol. The summed E-state index contributed by atoms with van der Waals surface area (Å²) in [5.41, 5.74) is 0. The molecule has 0 spiro atoms. The Bertz CT molecular complexity index is 559. The first-order chi connectivity index (χ1) is 8.06. The highest BCUT2D eigenvalue weighted by Crippen LogP contribution is 2.35. The molecule has 0 amide bonds. The number of hydrogen-bond donors (Lipinski definition) is 0. The van der Waals surface area contributed by atoms with Crippen LogP contribution in [0.2, 0.25) is 0 Å². The molecule has 5 nitrogen and oxygen atoms in total. The topological polar surface area (TPSA) is 65.5 Å². The highest BCUT2D eigenvalue weighted by Gasteiger charge is 2.37. The number of ether oxygens (including phenoxy) is 2. The van der Waals surface area contributed by atoms with Gasteiger partial charge in [-0.25, -0.2) is 17.8 Å². The van der Waals surface area contributed by atoms with Gasteiger partial charge >= 0.3 is 6.36 Å². The number of hydrogen-bond acceptors (Lipinski definition) is 5. The van der Waals surface area contributed by atoms with Gasteiger partial charge in [0.15, 0.2) is 16.5 Å². The lowest BCUT2D eigenvalue weighted by Gasteiger charge is -2.12. The van der Waals surface area contributed by atoms with Crippen molar-refractivity contribution in [1.29, 1.82) is 0 Å². The summed E-state index contributed by atoms with van der Waals surface area (Å²) in [6.45, 7) is 0. The molecule has 1 rings (SSSR count). The summed E-state index contributed by atoms with van der Waals surface area (Å²) < 4.78 is 79.1. The zero-order chi connectivity index (χ0) is 14.1. The van der Waals surface area contributed by atoms with Crippen molar-refractivity contribution in [2.75, 3.05) is 7.11 Å². The fourth-order valence-corrected chi connectivity index (χ4v) is 1.99. The van der Waals surface area contributed by atoms with Crippen LogP contribution in [0.1, 0.15) is 0 Å². The summed E-state index contributed by atoms with van der Waals surface area (Å²) >= 11 is 0. The molecule has 0 N–H and O–H groups in total. The molecule has 18 heavy (non-hydrogen) atoms. The Morgan fingerprint density at radius 3 is 2.33 bits per heavy atom. The van der Waals surface area contributed by atoms with Crippen molar-refractivity contribution in [3.8, 4) is 11.6 Å². The number of rotatable bonds is 3. The van der Waals surface area contributed by atoms with Crippen LogP contribution in [0.3, 0.4) is 0 Å². The van der Waals surface area contributed by atoms with E-state index in [1.807, 2.05) is 0 Å². The van der Waals surface area contributed by atoms with Crippen molar-refractivity contribution in [2.45, 2.75) is 11.3 Å². The Hall–Kier alpha value is -1.29. The Kier molecular flexibility index (Phi) is 3.91. The van der Waals surface area contributed by atoms with Gasteiger partial charge in [-0.15, -0.1) is 13.2 Å². The summed E-state index contributed by atoms with van der Waals surface area (Å²) in [5.74, 6) is -3.83. The maximum absolute atomic E-state index is 13.5. The number of aromatic nitrogens is 1. The van der Waals surface area contributed by atoms with E-state index in [0.717, 1.165) is 7.11 Å². The summed E-state index contributed by atoms with van der Waals surface area (Å²) in [4.78, 5) is 1.45. The van der Waals surface area contributed by atoms with Crippen molar-refractivity contribution >= 4 is 19.7 Å². The quantitative estimate of drug-likeness (QED) is 0.631. The predicted molar refractivity (Wildman–Crippen MR) is 50.5 cm³/mol. The Morgan fingerprint density at radius 2 is 1.94 bits per heavy atom. The number of methoxy groups -OCH3 is 1. The van der Waals surface area contributed by atoms with Gasteiger partial charge in [-0.3, -0.25) is 0 Å². The maximum Gasteiger partial charge on any atom is 0.574 e. The first-order valence-electron chi connectivity index (χ1n) is 3.99. The third kappa shape index (κ3) is 3.35. The molecule has 1 heterocycles. The molecule has 0 saturated heterocycles. The van der Waals surface area contributed by atoms with E-state index >= 15 is 0 Å². The molecule has 0 unspecified atom stereocenters. The van der Waals surface area contributed by atoms with Gasteiger partial charge in [0.25, 0.3) is 9.05 Å². The standard InChI is InChI=1S/C7H4ClF4NO4S/c1-16-3-2-13-6(17-7(10,11)12)5(4(3)9)18(8,14)15/h2H,1H3. The second-order valence-electron chi connectivity index (χ2n) is 2.76. The average Bonchev–Trinajstić information content (AvgIpc) is 2.13. The highest BCUT2D eigenvalue weighted by atomic mass is 35.7. The van der Waals surface area contributed by atoms with Crippen molar-refractivity contribution < 1.29 is 35.5 Å². The molecular formula is C7H4ClF4NO4S. The molecular weight excluding hydrogens is 306 g/mol. The number of pyridine rings is 1. The highest BCUT2D eigenvalue weighted by molar-refractivity contribution is 8.13. The van der Waals surface area contributed by atoms with Gasteiger partial charge in [0.1, 0.15) is 0 Å². The number of halogens is 5. The van der Waals surface area contributed by atoms with Crippen LogP contribution in [0, 0.1) is 5.82 Å². The molecule has 1 aromatic heterocycles. The van der Waals surface area contributed by atoms with Crippen LogP contribution in [0.15, 0.2) is 11.1 Å². The molecule has 102 valence electrons. The van der Waals surface area contributed by atoms with Crippen molar-refractivity contribution in [2.24, 2.45) is 0 Å². The van der Waals surface area contributed by atoms with E-state index in [9.17, 15) is 26.0 Å². The van der Waals surface area contributed by atoms with Crippen LogP contribution in [-0.2, 0) is 9.05 Å². The van der Waals surface area contributed by atoms with Gasteiger partial charge in [0, 0.05) is 10.7 Å². The minimum Gasteiger partial charge on any atom is -0.492 e. The van der Waals surface area contributed by atoms with Gasteiger partial charge in [0.2, 0.25) is 5.88 Å². The summed E-state index contributed by atoms with van der Waals surface area (Å²) in [6.07, 6.45) is -4.72. The van der Waals surface area contributed by atoms with E-state index in [1.165, 1.54) is 0 Å². The molecule has 11 heteroatoms. The maximum atomic E-state index is 13.5. The van der Waals surface area contributed by atoms with E-state index in [0.29, 0.717) is 6.20 Å². The average molecular weight is 310 g/mol. The van der Waals surface area contributed by atoms with Gasteiger partial charge in [0.05, 0.1) is 13.3 Å². The second-order valence-corrected chi connectivity index (χ2v) is 5.26. The Balaban J connectivity index is 3.50. The smallest absolute Gasteiger partial charge is 0.492 e. The van der Waals surface area contributed by atoms with Gasteiger partial charge in [-0.2, -0.15) is 0 Å². The van der Waals surface area contributed by atoms with Crippen LogP contribution >= 0.6 is 10.7 Å². The third-order valence-corrected chi connectivity index (χ3v) is 2.89. The molecule has 0 aliphatic carbocycles. The normalized spacial score (nSPS) is 12.3. The van der Waals surface area contributed by atoms with Crippen LogP contribution in [0.4, 0.5) is 17.6 Å². The summed E-state index contributed by atoms with van der Waals surface area (Å²) in [6, 6.07) is 0. The molecule has 0 aliphatic heterocycles. The molecule has 0 aliphatic rings. The number of alkyl halides is 3. The molecule has 0 aromatic carbocycles. The Morgan fingerprint density at radius 1 is 1.39 bits per heavy atom. The first-order valence-corrected chi connectivity index (χ1v) is 6.30. The van der Waals surface area contributed by atoms with Crippen molar-refractivity contribution in [3.63, 3.8) is 0 Å². The van der Waals surface area contributed by atoms with Gasteiger partial charge in [-0.1, -0.05) is 0 Å². The van der Waals surface area contributed by atoms with Crippen molar-refractivity contribution in [1.82, 2.24) is 4.98 Å². The predicted octanol–water partition coefficient (Wildman–Crippen LogP) is 2.06. The lowest BCUT2D eigenvalue weighted by molar-refractivity contribution is -0.277. The largest absolute Gasteiger partial charge is 0.574 e. The van der Waals surface area contributed by atoms with Crippen LogP contribution in [0.5, 0.6) is 11.6 Å². The van der Waals surface area contributed by atoms with Crippen LogP contribution < -0.4 is 9.47 Å². The van der Waals surface area contributed by atoms with Crippen LogP contribution in [-0.4, -0.2) is 26.9 Å². The van der Waals surface area contributed by atoms with E-state index < -0.39 is 37.8 Å². The van der Waals surface area contributed by atoms with E-state index in [4.69, 9.17) is 10.7 Å². The minimum absolute atomic E-state index is 0.530. The number of nitrogens with zero attached hydrogens (tertiary/aromatic N) is 1. The fourth-order valence-electron chi connectivity index (χ4n) is 0.974. The summed E-state index contributed by atoms with van der Waals surface area (Å²) in [5, 5.41) is 0. The fraction of sp³-hybridized carbons (Fsp3) is 0.286. The van der Waals surface area contributed by atoms with E-state index in [1.54, 1.807) is 0 Å². The molecule has 0 radical (unpaired) electrons. The summed E-state index contributed by atoms with van der Waals surface area (Å²) in [7, 11) is 0.944. The lowest BCUT2D eigenvalue weighted by Crippen LogP contribution is -2.20.